The third kappa shape index (κ3) is 2.18. The standard InChI is InChI=1S/C21H26F2O6/c1-18-4-3-10(25)5-13(18)14(22)6-12-11-7-15(26)21(29,17(28)9-24)19(11,2)8-16(27)20(12,18)23/h3-4,11-12,15-16,24,26-27,29H,5-9H2,1-2H3. The summed E-state index contributed by atoms with van der Waals surface area (Å²) >= 11 is 0. The number of hydrogen-bond acceptors (Lipinski definition) is 6. The van der Waals surface area contributed by atoms with Gasteiger partial charge in [-0.05, 0) is 37.3 Å². The van der Waals surface area contributed by atoms with Gasteiger partial charge in [-0.25, -0.2) is 8.78 Å². The van der Waals surface area contributed by atoms with Crippen LogP contribution in [-0.2, 0) is 9.59 Å². The Morgan fingerprint density at radius 1 is 1.24 bits per heavy atom. The van der Waals surface area contributed by atoms with E-state index in [0.29, 0.717) is 0 Å². The van der Waals surface area contributed by atoms with Gasteiger partial charge in [0.15, 0.2) is 22.8 Å². The number of aliphatic hydroxyl groups is 4. The molecule has 0 spiro atoms. The van der Waals surface area contributed by atoms with E-state index in [1.165, 1.54) is 26.0 Å². The molecule has 0 saturated heterocycles. The fourth-order valence-electron chi connectivity index (χ4n) is 6.82. The molecule has 2 saturated carbocycles. The molecule has 2 fully saturated rings. The fourth-order valence-corrected chi connectivity index (χ4v) is 6.82. The quantitative estimate of drug-likeness (QED) is 0.536. The average molecular weight is 412 g/mol. The van der Waals surface area contributed by atoms with Crippen LogP contribution in [0.2, 0.25) is 0 Å². The van der Waals surface area contributed by atoms with Crippen molar-refractivity contribution < 1.29 is 38.8 Å². The van der Waals surface area contributed by atoms with E-state index in [1.54, 1.807) is 0 Å². The molecule has 0 bridgehead atoms. The SMILES string of the molecule is CC12C=CC(=O)CC1=C(F)CC1C3CC(O)C(O)(C(=O)CO)C3(C)CC(O)C12F. The van der Waals surface area contributed by atoms with Crippen molar-refractivity contribution >= 4 is 11.6 Å². The Morgan fingerprint density at radius 2 is 1.90 bits per heavy atom. The van der Waals surface area contributed by atoms with Gasteiger partial charge in [-0.15, -0.1) is 0 Å². The lowest BCUT2D eigenvalue weighted by atomic mass is 9.45. The van der Waals surface area contributed by atoms with Crippen molar-refractivity contribution in [3.63, 3.8) is 0 Å². The maximum atomic E-state index is 16.8. The summed E-state index contributed by atoms with van der Waals surface area (Å²) in [5, 5.41) is 42.0. The normalized spacial score (nSPS) is 51.5. The van der Waals surface area contributed by atoms with Crippen LogP contribution in [0.25, 0.3) is 0 Å². The minimum absolute atomic E-state index is 0.0200. The number of alkyl halides is 1. The zero-order valence-electron chi connectivity index (χ0n) is 16.4. The molecule has 8 heteroatoms. The third-order valence-electron chi connectivity index (χ3n) is 8.45. The number of allylic oxidation sites excluding steroid dienone is 4. The second kappa shape index (κ2) is 6.03. The van der Waals surface area contributed by atoms with Gasteiger partial charge in [0.25, 0.3) is 0 Å². The van der Waals surface area contributed by atoms with E-state index >= 15 is 8.78 Å². The molecule has 4 aliphatic rings. The van der Waals surface area contributed by atoms with Crippen LogP contribution in [0.3, 0.4) is 0 Å². The first-order valence-corrected chi connectivity index (χ1v) is 9.89. The van der Waals surface area contributed by atoms with Crippen LogP contribution >= 0.6 is 0 Å². The first kappa shape index (κ1) is 20.8. The van der Waals surface area contributed by atoms with E-state index in [-0.39, 0.29) is 30.6 Å². The van der Waals surface area contributed by atoms with E-state index in [0.717, 1.165) is 0 Å². The van der Waals surface area contributed by atoms with Crippen LogP contribution in [0, 0.1) is 22.7 Å². The van der Waals surface area contributed by atoms with Gasteiger partial charge in [0.1, 0.15) is 12.4 Å². The van der Waals surface area contributed by atoms with Crippen molar-refractivity contribution in [1.82, 2.24) is 0 Å². The molecule has 4 rings (SSSR count). The molecule has 0 aliphatic heterocycles. The predicted octanol–water partition coefficient (Wildman–Crippen LogP) is 0.918. The second-order valence-electron chi connectivity index (χ2n) is 9.48. The van der Waals surface area contributed by atoms with Gasteiger partial charge in [0, 0.05) is 29.6 Å². The van der Waals surface area contributed by atoms with Crippen molar-refractivity contribution in [3.05, 3.63) is 23.6 Å². The highest BCUT2D eigenvalue weighted by Crippen LogP contribution is 2.70. The van der Waals surface area contributed by atoms with E-state index < -0.39 is 70.8 Å². The number of hydrogen-bond donors (Lipinski definition) is 4. The summed E-state index contributed by atoms with van der Waals surface area (Å²) in [5.41, 5.74) is -7.69. The highest BCUT2D eigenvalue weighted by molar-refractivity contribution is 5.94. The van der Waals surface area contributed by atoms with Gasteiger partial charge in [-0.3, -0.25) is 9.59 Å². The maximum Gasteiger partial charge on any atom is 0.192 e. The van der Waals surface area contributed by atoms with Gasteiger partial charge in [0.05, 0.1) is 12.2 Å². The summed E-state index contributed by atoms with van der Waals surface area (Å²) in [5.74, 6) is -3.92. The zero-order valence-corrected chi connectivity index (χ0v) is 16.4. The van der Waals surface area contributed by atoms with Crippen LogP contribution in [-0.4, -0.2) is 62.1 Å². The molecule has 4 aliphatic carbocycles. The summed E-state index contributed by atoms with van der Waals surface area (Å²) in [6.07, 6.45) is -1.91. The van der Waals surface area contributed by atoms with Crippen molar-refractivity contribution in [2.45, 2.75) is 63.0 Å². The number of halogens is 2. The average Bonchev–Trinajstić information content (AvgIpc) is 2.86. The van der Waals surface area contributed by atoms with E-state index in [9.17, 15) is 30.0 Å². The molecule has 0 heterocycles. The first-order valence-electron chi connectivity index (χ1n) is 9.89. The topological polar surface area (TPSA) is 115 Å². The van der Waals surface area contributed by atoms with Crippen LogP contribution in [0.5, 0.6) is 0 Å². The number of Topliss-reactive ketones (excluding diaryl/α,β-unsaturated/α-hetero) is 1. The molecular weight excluding hydrogens is 386 g/mol. The molecule has 29 heavy (non-hydrogen) atoms. The smallest absolute Gasteiger partial charge is 0.192 e. The van der Waals surface area contributed by atoms with Gasteiger partial charge >= 0.3 is 0 Å². The summed E-state index contributed by atoms with van der Waals surface area (Å²) in [6, 6.07) is 0. The summed E-state index contributed by atoms with van der Waals surface area (Å²) in [6.45, 7) is 1.92. The predicted molar refractivity (Wildman–Crippen MR) is 96.8 cm³/mol. The Morgan fingerprint density at radius 3 is 2.52 bits per heavy atom. The third-order valence-corrected chi connectivity index (χ3v) is 8.45. The number of ketones is 2. The van der Waals surface area contributed by atoms with Crippen LogP contribution in [0.15, 0.2) is 23.6 Å². The monoisotopic (exact) mass is 412 g/mol. The van der Waals surface area contributed by atoms with Crippen molar-refractivity contribution in [3.8, 4) is 0 Å². The Kier molecular flexibility index (Phi) is 4.32. The molecule has 0 radical (unpaired) electrons. The van der Waals surface area contributed by atoms with Crippen molar-refractivity contribution in [1.29, 1.82) is 0 Å². The molecular formula is C21H26F2O6. The Bertz CT molecular complexity index is 854. The van der Waals surface area contributed by atoms with Gasteiger partial charge < -0.3 is 20.4 Å². The number of rotatable bonds is 2. The van der Waals surface area contributed by atoms with E-state index in [4.69, 9.17) is 0 Å². The van der Waals surface area contributed by atoms with Gasteiger partial charge in [-0.1, -0.05) is 13.0 Å². The Balaban J connectivity index is 1.89. The van der Waals surface area contributed by atoms with E-state index in [1.807, 2.05) is 0 Å². The summed E-state index contributed by atoms with van der Waals surface area (Å²) in [4.78, 5) is 24.2. The molecule has 6 nitrogen and oxygen atoms in total. The molecule has 0 aromatic carbocycles. The van der Waals surface area contributed by atoms with Crippen molar-refractivity contribution in [2.75, 3.05) is 6.61 Å². The molecule has 8 unspecified atom stereocenters. The maximum absolute atomic E-state index is 16.8. The largest absolute Gasteiger partial charge is 0.390 e. The number of carbonyl (C=O) groups excluding carboxylic acids is 2. The Labute approximate surface area is 166 Å². The lowest BCUT2D eigenvalue weighted by Crippen LogP contribution is -2.69. The molecule has 4 N–H and O–H groups in total. The van der Waals surface area contributed by atoms with Gasteiger partial charge in [0.2, 0.25) is 0 Å². The van der Waals surface area contributed by atoms with E-state index in [2.05, 4.69) is 0 Å². The number of fused-ring (bicyclic) bond motifs is 5. The summed E-state index contributed by atoms with van der Waals surface area (Å²) < 4.78 is 31.9. The Hall–Kier alpha value is -1.48. The lowest BCUT2D eigenvalue weighted by molar-refractivity contribution is -0.219. The molecule has 0 amide bonds. The highest BCUT2D eigenvalue weighted by atomic mass is 19.1. The summed E-state index contributed by atoms with van der Waals surface area (Å²) in [7, 11) is 0. The second-order valence-corrected chi connectivity index (χ2v) is 9.48. The zero-order chi connectivity index (χ0) is 21.6. The molecule has 0 aromatic heterocycles. The minimum Gasteiger partial charge on any atom is -0.390 e. The number of aliphatic hydroxyl groups excluding tert-OH is 3. The highest BCUT2D eigenvalue weighted by Gasteiger charge is 2.76. The molecule has 8 atom stereocenters. The lowest BCUT2D eigenvalue weighted by Gasteiger charge is -2.61. The van der Waals surface area contributed by atoms with Crippen LogP contribution in [0.1, 0.15) is 39.5 Å². The van der Waals surface area contributed by atoms with Crippen LogP contribution in [0.4, 0.5) is 8.78 Å². The fraction of sp³-hybridized carbons (Fsp3) is 0.714. The van der Waals surface area contributed by atoms with Crippen LogP contribution < -0.4 is 0 Å². The first-order chi connectivity index (χ1) is 13.4. The van der Waals surface area contributed by atoms with Gasteiger partial charge in [-0.2, -0.15) is 0 Å². The number of carbonyl (C=O) groups is 2. The minimum atomic E-state index is -2.37. The molecule has 160 valence electrons. The molecule has 0 aromatic rings. The van der Waals surface area contributed by atoms with Crippen molar-refractivity contribution in [2.24, 2.45) is 22.7 Å².